The van der Waals surface area contributed by atoms with Crippen LogP contribution < -0.4 is 4.74 Å². The van der Waals surface area contributed by atoms with Gasteiger partial charge in [-0.1, -0.05) is 18.2 Å². The first-order valence-corrected chi connectivity index (χ1v) is 6.58. The van der Waals surface area contributed by atoms with E-state index in [1.165, 1.54) is 6.07 Å². The van der Waals surface area contributed by atoms with Crippen molar-refractivity contribution in [2.45, 2.75) is 6.92 Å². The minimum absolute atomic E-state index is 0.0328. The Bertz CT molecular complexity index is 686. The summed E-state index contributed by atoms with van der Waals surface area (Å²) >= 11 is 0. The van der Waals surface area contributed by atoms with E-state index in [1.807, 2.05) is 18.2 Å². The molecule has 0 aliphatic heterocycles. The van der Waals surface area contributed by atoms with Gasteiger partial charge in [0.1, 0.15) is 0 Å². The van der Waals surface area contributed by atoms with E-state index in [9.17, 15) is 10.1 Å². The molecule has 0 saturated heterocycles. The molecule has 0 spiro atoms. The standard InChI is InChI=1S/C11H10N2O3.C5H5N/c1-8-4-2-5-9(13(14)15)11(8)16-10-6-3-7-12-10;1-2-4-6-5-3-1/h2-7,12H,1H3;1-5H. The van der Waals surface area contributed by atoms with Crippen molar-refractivity contribution in [1.82, 2.24) is 9.97 Å². The third-order valence-electron chi connectivity index (χ3n) is 2.74. The van der Waals surface area contributed by atoms with Crippen LogP contribution in [0.1, 0.15) is 5.56 Å². The van der Waals surface area contributed by atoms with E-state index in [0.717, 1.165) is 5.56 Å². The average Bonchev–Trinajstić information content (AvgIpc) is 3.04. The number of aryl methyl sites for hydroxylation is 1. The molecule has 1 N–H and O–H groups in total. The molecule has 1 aromatic carbocycles. The number of pyridine rings is 1. The Labute approximate surface area is 127 Å². The third-order valence-corrected chi connectivity index (χ3v) is 2.74. The van der Waals surface area contributed by atoms with E-state index in [-0.39, 0.29) is 11.4 Å². The van der Waals surface area contributed by atoms with E-state index in [1.54, 1.807) is 49.8 Å². The minimum atomic E-state index is -0.453. The van der Waals surface area contributed by atoms with Crippen molar-refractivity contribution in [1.29, 1.82) is 0 Å². The Morgan fingerprint density at radius 3 is 2.36 bits per heavy atom. The molecule has 22 heavy (non-hydrogen) atoms. The number of aromatic amines is 1. The second-order valence-electron chi connectivity index (χ2n) is 4.34. The minimum Gasteiger partial charge on any atom is -0.434 e. The van der Waals surface area contributed by atoms with Gasteiger partial charge in [-0.3, -0.25) is 15.1 Å². The molecule has 2 aromatic heterocycles. The van der Waals surface area contributed by atoms with Crippen molar-refractivity contribution in [2.75, 3.05) is 0 Å². The molecular formula is C16H15N3O3. The highest BCUT2D eigenvalue weighted by Crippen LogP contribution is 2.33. The van der Waals surface area contributed by atoms with Gasteiger partial charge in [-0.25, -0.2) is 0 Å². The first-order chi connectivity index (χ1) is 10.7. The summed E-state index contributed by atoms with van der Waals surface area (Å²) in [5, 5.41) is 10.8. The molecule has 3 rings (SSSR count). The summed E-state index contributed by atoms with van der Waals surface area (Å²) in [6.45, 7) is 1.77. The maximum Gasteiger partial charge on any atom is 0.311 e. The topological polar surface area (TPSA) is 81.0 Å². The van der Waals surface area contributed by atoms with Crippen LogP contribution in [-0.2, 0) is 0 Å². The lowest BCUT2D eigenvalue weighted by molar-refractivity contribution is -0.385. The van der Waals surface area contributed by atoms with E-state index < -0.39 is 4.92 Å². The maximum atomic E-state index is 10.8. The Morgan fingerprint density at radius 1 is 1.09 bits per heavy atom. The SMILES string of the molecule is Cc1cccc([N+](=O)[O-])c1Oc1ccc[nH]1.c1ccncc1. The fourth-order valence-corrected chi connectivity index (χ4v) is 1.71. The number of nitrogens with zero attached hydrogens (tertiary/aromatic N) is 2. The van der Waals surface area contributed by atoms with E-state index >= 15 is 0 Å². The number of rotatable bonds is 3. The van der Waals surface area contributed by atoms with Crippen LogP contribution in [0.5, 0.6) is 11.6 Å². The lowest BCUT2D eigenvalue weighted by Gasteiger charge is -2.06. The van der Waals surface area contributed by atoms with Crippen molar-refractivity contribution >= 4 is 5.69 Å². The second-order valence-corrected chi connectivity index (χ2v) is 4.34. The van der Waals surface area contributed by atoms with Crippen LogP contribution in [0.2, 0.25) is 0 Å². The highest BCUT2D eigenvalue weighted by molar-refractivity contribution is 5.52. The second kappa shape index (κ2) is 7.58. The van der Waals surface area contributed by atoms with Crippen LogP contribution in [0, 0.1) is 17.0 Å². The van der Waals surface area contributed by atoms with Crippen molar-refractivity contribution in [2.24, 2.45) is 0 Å². The van der Waals surface area contributed by atoms with Crippen LogP contribution in [0.25, 0.3) is 0 Å². The predicted molar refractivity (Wildman–Crippen MR) is 82.9 cm³/mol. The number of nitro benzene ring substituents is 1. The summed E-state index contributed by atoms with van der Waals surface area (Å²) in [4.78, 5) is 17.0. The van der Waals surface area contributed by atoms with Gasteiger partial charge >= 0.3 is 5.69 Å². The van der Waals surface area contributed by atoms with Gasteiger partial charge in [-0.05, 0) is 30.7 Å². The van der Waals surface area contributed by atoms with Gasteiger partial charge in [-0.2, -0.15) is 0 Å². The van der Waals surface area contributed by atoms with Crippen molar-refractivity contribution in [3.05, 3.63) is 82.8 Å². The summed E-state index contributed by atoms with van der Waals surface area (Å²) in [5.41, 5.74) is 0.693. The number of H-pyrrole nitrogens is 1. The lowest BCUT2D eigenvalue weighted by atomic mass is 10.2. The zero-order chi connectivity index (χ0) is 15.8. The molecule has 0 aliphatic rings. The molecule has 0 atom stereocenters. The Morgan fingerprint density at radius 2 is 1.86 bits per heavy atom. The van der Waals surface area contributed by atoms with Crippen LogP contribution in [-0.4, -0.2) is 14.9 Å². The Balaban J connectivity index is 0.000000246. The molecule has 0 unspecified atom stereocenters. The molecule has 0 amide bonds. The molecule has 2 heterocycles. The lowest BCUT2D eigenvalue weighted by Crippen LogP contribution is -1.95. The molecule has 0 saturated carbocycles. The van der Waals surface area contributed by atoms with Crippen LogP contribution in [0.15, 0.2) is 67.1 Å². The quantitative estimate of drug-likeness (QED) is 0.582. The number of hydrogen-bond donors (Lipinski definition) is 1. The Hall–Kier alpha value is -3.15. The number of hydrogen-bond acceptors (Lipinski definition) is 4. The summed E-state index contributed by atoms with van der Waals surface area (Å²) < 4.78 is 5.44. The number of ether oxygens (including phenoxy) is 1. The molecule has 0 fully saturated rings. The van der Waals surface area contributed by atoms with Crippen LogP contribution >= 0.6 is 0 Å². The molecule has 6 heteroatoms. The van der Waals surface area contributed by atoms with Gasteiger partial charge in [0.05, 0.1) is 4.92 Å². The maximum absolute atomic E-state index is 10.8. The fourth-order valence-electron chi connectivity index (χ4n) is 1.71. The number of nitrogens with one attached hydrogen (secondary N) is 1. The summed E-state index contributed by atoms with van der Waals surface area (Å²) in [6.07, 6.45) is 5.19. The number of para-hydroxylation sites is 1. The average molecular weight is 297 g/mol. The normalized spacial score (nSPS) is 9.50. The molecule has 0 radical (unpaired) electrons. The Kier molecular flexibility index (Phi) is 5.25. The smallest absolute Gasteiger partial charge is 0.311 e. The van der Waals surface area contributed by atoms with Crippen molar-refractivity contribution in [3.63, 3.8) is 0 Å². The molecule has 0 aliphatic carbocycles. The summed E-state index contributed by atoms with van der Waals surface area (Å²) in [7, 11) is 0. The molecular weight excluding hydrogens is 282 g/mol. The first-order valence-electron chi connectivity index (χ1n) is 6.58. The van der Waals surface area contributed by atoms with E-state index in [0.29, 0.717) is 5.88 Å². The molecule has 0 bridgehead atoms. The molecule has 112 valence electrons. The van der Waals surface area contributed by atoms with Crippen molar-refractivity contribution in [3.8, 4) is 11.6 Å². The van der Waals surface area contributed by atoms with E-state index in [4.69, 9.17) is 4.74 Å². The van der Waals surface area contributed by atoms with Gasteiger partial charge in [0, 0.05) is 30.7 Å². The molecule has 3 aromatic rings. The van der Waals surface area contributed by atoms with Gasteiger partial charge < -0.3 is 9.72 Å². The zero-order valence-electron chi connectivity index (χ0n) is 12.0. The fraction of sp³-hybridized carbons (Fsp3) is 0.0625. The monoisotopic (exact) mass is 297 g/mol. The highest BCUT2D eigenvalue weighted by Gasteiger charge is 2.17. The van der Waals surface area contributed by atoms with Crippen LogP contribution in [0.3, 0.4) is 0 Å². The van der Waals surface area contributed by atoms with Gasteiger partial charge in [-0.15, -0.1) is 0 Å². The van der Waals surface area contributed by atoms with Gasteiger partial charge in [0.2, 0.25) is 5.75 Å². The third kappa shape index (κ3) is 4.17. The van der Waals surface area contributed by atoms with E-state index in [2.05, 4.69) is 9.97 Å². The van der Waals surface area contributed by atoms with Gasteiger partial charge in [0.15, 0.2) is 5.88 Å². The number of benzene rings is 1. The number of nitro groups is 1. The first kappa shape index (κ1) is 15.2. The van der Waals surface area contributed by atoms with Crippen molar-refractivity contribution < 1.29 is 9.66 Å². The highest BCUT2D eigenvalue weighted by atomic mass is 16.6. The molecule has 6 nitrogen and oxygen atoms in total. The predicted octanol–water partition coefficient (Wildman–Crippen LogP) is 4.11. The summed E-state index contributed by atoms with van der Waals surface area (Å²) in [5.74, 6) is 0.757. The summed E-state index contributed by atoms with van der Waals surface area (Å²) in [6, 6.07) is 14.0. The number of aromatic nitrogens is 2. The largest absolute Gasteiger partial charge is 0.434 e. The zero-order valence-corrected chi connectivity index (χ0v) is 12.0. The van der Waals surface area contributed by atoms with Gasteiger partial charge in [0.25, 0.3) is 0 Å². The van der Waals surface area contributed by atoms with Crippen LogP contribution in [0.4, 0.5) is 5.69 Å².